The normalized spacial score (nSPS) is 17.8. The summed E-state index contributed by atoms with van der Waals surface area (Å²) in [5.74, 6) is 0.762. The number of thiophene rings is 1. The van der Waals surface area contributed by atoms with E-state index < -0.39 is 0 Å². The zero-order chi connectivity index (χ0) is 10.8. The topological polar surface area (TPSA) is 35.0 Å². The SMILES string of the molecule is c1nc(OC2CCCCC2)c2ccsc2n1. The molecule has 16 heavy (non-hydrogen) atoms. The van der Waals surface area contributed by atoms with Crippen molar-refractivity contribution < 1.29 is 4.74 Å². The summed E-state index contributed by atoms with van der Waals surface area (Å²) in [6.45, 7) is 0. The van der Waals surface area contributed by atoms with E-state index in [2.05, 4.69) is 9.97 Å². The van der Waals surface area contributed by atoms with Gasteiger partial charge in [-0.15, -0.1) is 11.3 Å². The molecule has 84 valence electrons. The molecular weight excluding hydrogens is 220 g/mol. The fourth-order valence-corrected chi connectivity index (χ4v) is 2.93. The minimum Gasteiger partial charge on any atom is -0.474 e. The summed E-state index contributed by atoms with van der Waals surface area (Å²) in [5.41, 5.74) is 0. The third-order valence-corrected chi connectivity index (χ3v) is 3.88. The van der Waals surface area contributed by atoms with Crippen molar-refractivity contribution in [2.75, 3.05) is 0 Å². The van der Waals surface area contributed by atoms with Crippen LogP contribution in [-0.4, -0.2) is 16.1 Å². The Morgan fingerprint density at radius 1 is 1.19 bits per heavy atom. The summed E-state index contributed by atoms with van der Waals surface area (Å²) in [6, 6.07) is 2.04. The highest BCUT2D eigenvalue weighted by atomic mass is 32.1. The van der Waals surface area contributed by atoms with E-state index in [0.717, 1.165) is 28.9 Å². The van der Waals surface area contributed by atoms with Gasteiger partial charge in [-0.05, 0) is 37.1 Å². The number of ether oxygens (including phenoxy) is 1. The molecule has 2 heterocycles. The van der Waals surface area contributed by atoms with Gasteiger partial charge in [0.05, 0.1) is 5.39 Å². The predicted octanol–water partition coefficient (Wildman–Crippen LogP) is 3.40. The molecule has 1 saturated carbocycles. The van der Waals surface area contributed by atoms with Gasteiger partial charge in [0, 0.05) is 0 Å². The van der Waals surface area contributed by atoms with Crippen molar-refractivity contribution in [3.8, 4) is 5.88 Å². The van der Waals surface area contributed by atoms with Gasteiger partial charge in [-0.25, -0.2) is 9.97 Å². The summed E-state index contributed by atoms with van der Waals surface area (Å²) >= 11 is 1.63. The quantitative estimate of drug-likeness (QED) is 0.798. The molecule has 3 rings (SSSR count). The lowest BCUT2D eigenvalue weighted by molar-refractivity contribution is 0.151. The molecule has 3 nitrogen and oxygen atoms in total. The van der Waals surface area contributed by atoms with E-state index in [0.29, 0.717) is 6.10 Å². The van der Waals surface area contributed by atoms with Crippen LogP contribution < -0.4 is 4.74 Å². The highest BCUT2D eigenvalue weighted by molar-refractivity contribution is 7.16. The molecule has 1 aliphatic carbocycles. The first-order valence-corrected chi connectivity index (χ1v) is 6.66. The zero-order valence-electron chi connectivity index (χ0n) is 9.06. The molecule has 0 unspecified atom stereocenters. The highest BCUT2D eigenvalue weighted by Crippen LogP contribution is 2.29. The molecule has 4 heteroatoms. The number of fused-ring (bicyclic) bond motifs is 1. The van der Waals surface area contributed by atoms with Gasteiger partial charge in [-0.1, -0.05) is 6.42 Å². The Kier molecular flexibility index (Phi) is 2.74. The van der Waals surface area contributed by atoms with Crippen LogP contribution in [0.3, 0.4) is 0 Å². The molecule has 0 atom stereocenters. The fourth-order valence-electron chi connectivity index (χ4n) is 2.20. The summed E-state index contributed by atoms with van der Waals surface area (Å²) in [6.07, 6.45) is 8.18. The van der Waals surface area contributed by atoms with Crippen molar-refractivity contribution in [2.24, 2.45) is 0 Å². The molecule has 0 aliphatic heterocycles. The largest absolute Gasteiger partial charge is 0.474 e. The van der Waals surface area contributed by atoms with Crippen LogP contribution in [0.2, 0.25) is 0 Å². The number of rotatable bonds is 2. The van der Waals surface area contributed by atoms with Gasteiger partial charge >= 0.3 is 0 Å². The first kappa shape index (κ1) is 10.0. The highest BCUT2D eigenvalue weighted by Gasteiger charge is 2.17. The van der Waals surface area contributed by atoms with Gasteiger partial charge in [-0.3, -0.25) is 0 Å². The van der Waals surface area contributed by atoms with Crippen LogP contribution in [0, 0.1) is 0 Å². The van der Waals surface area contributed by atoms with Crippen LogP contribution in [0.25, 0.3) is 10.2 Å². The Morgan fingerprint density at radius 2 is 2.06 bits per heavy atom. The summed E-state index contributed by atoms with van der Waals surface area (Å²) in [5, 5.41) is 3.09. The van der Waals surface area contributed by atoms with Gasteiger partial charge in [0.25, 0.3) is 0 Å². The lowest BCUT2D eigenvalue weighted by Gasteiger charge is -2.22. The first-order valence-electron chi connectivity index (χ1n) is 5.78. The van der Waals surface area contributed by atoms with Crippen molar-refractivity contribution in [3.63, 3.8) is 0 Å². The van der Waals surface area contributed by atoms with E-state index in [4.69, 9.17) is 4.74 Å². The van der Waals surface area contributed by atoms with E-state index in [1.165, 1.54) is 19.3 Å². The Morgan fingerprint density at radius 3 is 2.94 bits per heavy atom. The molecule has 0 amide bonds. The second kappa shape index (κ2) is 4.37. The molecule has 2 aromatic rings. The van der Waals surface area contributed by atoms with Gasteiger partial charge in [-0.2, -0.15) is 0 Å². The molecule has 0 bridgehead atoms. The fraction of sp³-hybridized carbons (Fsp3) is 0.500. The molecule has 0 aromatic carbocycles. The number of hydrogen-bond donors (Lipinski definition) is 0. The standard InChI is InChI=1S/C12H14N2OS/c1-2-4-9(5-3-1)15-11-10-6-7-16-12(10)14-8-13-11/h6-9H,1-5H2. The average molecular weight is 234 g/mol. The third kappa shape index (κ3) is 1.89. The zero-order valence-corrected chi connectivity index (χ0v) is 9.87. The molecule has 0 spiro atoms. The summed E-state index contributed by atoms with van der Waals surface area (Å²) in [4.78, 5) is 9.48. The van der Waals surface area contributed by atoms with E-state index in [9.17, 15) is 0 Å². The Hall–Kier alpha value is -1.16. The van der Waals surface area contributed by atoms with Crippen molar-refractivity contribution in [3.05, 3.63) is 17.8 Å². The van der Waals surface area contributed by atoms with Crippen LogP contribution in [0.4, 0.5) is 0 Å². The van der Waals surface area contributed by atoms with Gasteiger partial charge in [0.2, 0.25) is 5.88 Å². The maximum Gasteiger partial charge on any atom is 0.225 e. The van der Waals surface area contributed by atoms with Crippen molar-refractivity contribution >= 4 is 21.6 Å². The summed E-state index contributed by atoms with van der Waals surface area (Å²) in [7, 11) is 0. The summed E-state index contributed by atoms with van der Waals surface area (Å²) < 4.78 is 5.98. The predicted molar refractivity (Wildman–Crippen MR) is 64.9 cm³/mol. The van der Waals surface area contributed by atoms with E-state index in [1.807, 2.05) is 11.4 Å². The van der Waals surface area contributed by atoms with Crippen molar-refractivity contribution in [2.45, 2.75) is 38.2 Å². The average Bonchev–Trinajstić information content (AvgIpc) is 2.80. The van der Waals surface area contributed by atoms with E-state index in [-0.39, 0.29) is 0 Å². The maximum atomic E-state index is 5.98. The Bertz CT molecular complexity index is 477. The second-order valence-corrected chi connectivity index (χ2v) is 5.09. The van der Waals surface area contributed by atoms with E-state index >= 15 is 0 Å². The van der Waals surface area contributed by atoms with Crippen molar-refractivity contribution in [1.29, 1.82) is 0 Å². The van der Waals surface area contributed by atoms with Crippen LogP contribution in [0.15, 0.2) is 17.8 Å². The smallest absolute Gasteiger partial charge is 0.225 e. The lowest BCUT2D eigenvalue weighted by atomic mass is 9.98. The maximum absolute atomic E-state index is 5.98. The van der Waals surface area contributed by atoms with Crippen LogP contribution in [-0.2, 0) is 0 Å². The number of hydrogen-bond acceptors (Lipinski definition) is 4. The van der Waals surface area contributed by atoms with Crippen LogP contribution in [0.5, 0.6) is 5.88 Å². The molecular formula is C12H14N2OS. The first-order chi connectivity index (χ1) is 7.93. The van der Waals surface area contributed by atoms with Crippen molar-refractivity contribution in [1.82, 2.24) is 9.97 Å². The number of nitrogens with zero attached hydrogens (tertiary/aromatic N) is 2. The second-order valence-electron chi connectivity index (χ2n) is 4.20. The number of aromatic nitrogens is 2. The minimum atomic E-state index is 0.353. The van der Waals surface area contributed by atoms with Gasteiger partial charge in [0.15, 0.2) is 0 Å². The van der Waals surface area contributed by atoms with Crippen LogP contribution in [0.1, 0.15) is 32.1 Å². The van der Waals surface area contributed by atoms with Gasteiger partial charge < -0.3 is 4.74 Å². The Labute approximate surface area is 98.5 Å². The molecule has 0 saturated heterocycles. The Balaban J connectivity index is 1.85. The molecule has 1 aliphatic rings. The molecule has 0 N–H and O–H groups in total. The molecule has 1 fully saturated rings. The monoisotopic (exact) mass is 234 g/mol. The van der Waals surface area contributed by atoms with E-state index in [1.54, 1.807) is 17.7 Å². The van der Waals surface area contributed by atoms with Gasteiger partial charge in [0.1, 0.15) is 17.3 Å². The molecule has 0 radical (unpaired) electrons. The third-order valence-electron chi connectivity index (χ3n) is 3.06. The molecule has 2 aromatic heterocycles. The lowest BCUT2D eigenvalue weighted by Crippen LogP contribution is -2.20. The van der Waals surface area contributed by atoms with Crippen LogP contribution >= 0.6 is 11.3 Å². The minimum absolute atomic E-state index is 0.353.